The highest BCUT2D eigenvalue weighted by molar-refractivity contribution is 6.30. The minimum atomic E-state index is 0.0351. The van der Waals surface area contributed by atoms with Crippen LogP contribution in [0.5, 0.6) is 5.88 Å². The van der Waals surface area contributed by atoms with E-state index >= 15 is 0 Å². The maximum atomic E-state index is 12.5. The Morgan fingerprint density at radius 2 is 1.85 bits per heavy atom. The first-order valence-corrected chi connectivity index (χ1v) is 9.38. The summed E-state index contributed by atoms with van der Waals surface area (Å²) in [4.78, 5) is 21.0. The molecule has 2 aromatic heterocycles. The fourth-order valence-corrected chi connectivity index (χ4v) is 2.98. The summed E-state index contributed by atoms with van der Waals surface area (Å²) < 4.78 is 5.95. The van der Waals surface area contributed by atoms with E-state index in [2.05, 4.69) is 9.97 Å². The van der Waals surface area contributed by atoms with Crippen LogP contribution in [0.1, 0.15) is 28.8 Å². The molecule has 136 valence electrons. The van der Waals surface area contributed by atoms with Gasteiger partial charge in [-0.15, -0.1) is 0 Å². The highest BCUT2D eigenvalue weighted by Crippen LogP contribution is 2.33. The van der Waals surface area contributed by atoms with E-state index in [1.807, 2.05) is 30.3 Å². The molecule has 27 heavy (non-hydrogen) atoms. The minimum absolute atomic E-state index is 0.0351. The number of benzene rings is 1. The van der Waals surface area contributed by atoms with E-state index in [9.17, 15) is 4.79 Å². The lowest BCUT2D eigenvalue weighted by molar-refractivity contribution is 0.0992. The van der Waals surface area contributed by atoms with Crippen LogP contribution in [0.4, 0.5) is 0 Å². The quantitative estimate of drug-likeness (QED) is 0.542. The minimum Gasteiger partial charge on any atom is -0.477 e. The van der Waals surface area contributed by atoms with Crippen molar-refractivity contribution in [2.24, 2.45) is 5.92 Å². The predicted molar refractivity (Wildman–Crippen MR) is 105 cm³/mol. The van der Waals surface area contributed by atoms with E-state index in [4.69, 9.17) is 16.3 Å². The predicted octanol–water partition coefficient (Wildman–Crippen LogP) is 5.01. The van der Waals surface area contributed by atoms with Crippen molar-refractivity contribution in [2.75, 3.05) is 6.61 Å². The molecule has 1 aliphatic carbocycles. The molecular formula is C22H19ClN2O2. The van der Waals surface area contributed by atoms with Gasteiger partial charge >= 0.3 is 0 Å². The number of halogens is 1. The van der Waals surface area contributed by atoms with E-state index < -0.39 is 0 Å². The van der Waals surface area contributed by atoms with Crippen molar-refractivity contribution in [2.45, 2.75) is 19.3 Å². The largest absolute Gasteiger partial charge is 0.477 e. The Morgan fingerprint density at radius 3 is 2.56 bits per heavy atom. The molecule has 0 spiro atoms. The zero-order chi connectivity index (χ0) is 18.6. The topological polar surface area (TPSA) is 52.1 Å². The van der Waals surface area contributed by atoms with Crippen LogP contribution in [0, 0.1) is 5.92 Å². The van der Waals surface area contributed by atoms with Crippen LogP contribution in [0.15, 0.2) is 61.1 Å². The third kappa shape index (κ3) is 4.52. The van der Waals surface area contributed by atoms with Gasteiger partial charge in [0.15, 0.2) is 5.78 Å². The number of ether oxygens (including phenoxy) is 1. The summed E-state index contributed by atoms with van der Waals surface area (Å²) in [5, 5.41) is 0.677. The van der Waals surface area contributed by atoms with Gasteiger partial charge in [-0.05, 0) is 60.2 Å². The number of aromatic nitrogens is 2. The van der Waals surface area contributed by atoms with Crippen molar-refractivity contribution in [3.63, 3.8) is 0 Å². The third-order valence-electron chi connectivity index (χ3n) is 4.58. The van der Waals surface area contributed by atoms with Crippen LogP contribution >= 0.6 is 11.6 Å². The van der Waals surface area contributed by atoms with Gasteiger partial charge in [-0.25, -0.2) is 4.98 Å². The number of hydrogen-bond acceptors (Lipinski definition) is 4. The van der Waals surface area contributed by atoms with Crippen molar-refractivity contribution in [1.29, 1.82) is 0 Å². The zero-order valence-corrected chi connectivity index (χ0v) is 15.5. The molecule has 5 heteroatoms. The summed E-state index contributed by atoms with van der Waals surface area (Å²) in [6.45, 7) is 0.683. The molecule has 2 heterocycles. The second-order valence-electron chi connectivity index (χ2n) is 6.79. The Hall–Kier alpha value is -2.72. The van der Waals surface area contributed by atoms with Gasteiger partial charge in [0.05, 0.1) is 6.61 Å². The van der Waals surface area contributed by atoms with Gasteiger partial charge < -0.3 is 4.74 Å². The van der Waals surface area contributed by atoms with Crippen LogP contribution in [0.2, 0.25) is 5.02 Å². The van der Waals surface area contributed by atoms with Crippen LogP contribution in [0.25, 0.3) is 11.1 Å². The highest BCUT2D eigenvalue weighted by atomic mass is 35.5. The molecule has 1 aromatic carbocycles. The fourth-order valence-electron chi connectivity index (χ4n) is 2.85. The lowest BCUT2D eigenvalue weighted by Gasteiger charge is -2.12. The fraction of sp³-hybridized carbons (Fsp3) is 0.227. The molecule has 0 saturated heterocycles. The van der Waals surface area contributed by atoms with E-state index in [0.717, 1.165) is 16.7 Å². The Morgan fingerprint density at radius 1 is 1.11 bits per heavy atom. The van der Waals surface area contributed by atoms with Crippen LogP contribution in [0.3, 0.4) is 0 Å². The number of ketones is 1. The Bertz CT molecular complexity index is 938. The lowest BCUT2D eigenvalue weighted by Crippen LogP contribution is -2.06. The molecule has 4 nitrogen and oxygen atoms in total. The number of rotatable bonds is 7. The highest BCUT2D eigenvalue weighted by Gasteiger charge is 2.23. The van der Waals surface area contributed by atoms with E-state index in [-0.39, 0.29) is 12.2 Å². The normalized spacial score (nSPS) is 13.4. The number of pyridine rings is 2. The molecule has 1 saturated carbocycles. The van der Waals surface area contributed by atoms with Crippen molar-refractivity contribution >= 4 is 17.4 Å². The van der Waals surface area contributed by atoms with Gasteiger partial charge in [-0.3, -0.25) is 9.78 Å². The molecule has 3 aromatic rings. The maximum Gasteiger partial charge on any atom is 0.221 e. The molecule has 0 bridgehead atoms. The summed E-state index contributed by atoms with van der Waals surface area (Å²) >= 11 is 6.02. The van der Waals surface area contributed by atoms with Crippen LogP contribution in [-0.2, 0) is 6.42 Å². The standard InChI is InChI=1S/C22H19ClN2O2/c23-19-5-3-17(4-6-19)20-11-16(12-21(26)18-7-9-24-10-8-18)13-25-22(20)27-14-15-1-2-15/h3-11,13,15H,1-2,12,14H2. The van der Waals surface area contributed by atoms with Crippen molar-refractivity contribution in [3.8, 4) is 17.0 Å². The first-order chi connectivity index (χ1) is 13.2. The van der Waals surface area contributed by atoms with E-state index in [1.165, 1.54) is 12.8 Å². The number of carbonyl (C=O) groups excluding carboxylic acids is 1. The Labute approximate surface area is 163 Å². The smallest absolute Gasteiger partial charge is 0.221 e. The summed E-state index contributed by atoms with van der Waals surface area (Å²) in [6, 6.07) is 13.0. The van der Waals surface area contributed by atoms with E-state index in [0.29, 0.717) is 29.0 Å². The van der Waals surface area contributed by atoms with Gasteiger partial charge in [0.1, 0.15) is 0 Å². The molecule has 0 atom stereocenters. The van der Waals surface area contributed by atoms with Crippen LogP contribution in [-0.4, -0.2) is 22.4 Å². The molecule has 0 radical (unpaired) electrons. The number of hydrogen-bond donors (Lipinski definition) is 0. The molecule has 1 aliphatic rings. The molecule has 4 rings (SSSR count). The molecular weight excluding hydrogens is 360 g/mol. The summed E-state index contributed by atoms with van der Waals surface area (Å²) in [5.41, 5.74) is 3.34. The average molecular weight is 379 g/mol. The van der Waals surface area contributed by atoms with Crippen molar-refractivity contribution < 1.29 is 9.53 Å². The second kappa shape index (κ2) is 7.89. The lowest BCUT2D eigenvalue weighted by atomic mass is 10.0. The van der Waals surface area contributed by atoms with Gasteiger partial charge in [0.25, 0.3) is 0 Å². The molecule has 1 fully saturated rings. The number of Topliss-reactive ketones (excluding diaryl/α,β-unsaturated/α-hetero) is 1. The number of carbonyl (C=O) groups is 1. The summed E-state index contributed by atoms with van der Waals surface area (Å²) in [5.74, 6) is 1.27. The van der Waals surface area contributed by atoms with Gasteiger partial charge in [0, 0.05) is 41.2 Å². The van der Waals surface area contributed by atoms with Gasteiger partial charge in [-0.1, -0.05) is 23.7 Å². The Kier molecular flexibility index (Phi) is 5.16. The van der Waals surface area contributed by atoms with Gasteiger partial charge in [-0.2, -0.15) is 0 Å². The number of nitrogens with zero attached hydrogens (tertiary/aromatic N) is 2. The molecule has 0 N–H and O–H groups in total. The van der Waals surface area contributed by atoms with Gasteiger partial charge in [0.2, 0.25) is 5.88 Å². The first kappa shape index (κ1) is 17.7. The molecule has 0 unspecified atom stereocenters. The SMILES string of the molecule is O=C(Cc1cnc(OCC2CC2)c(-c2ccc(Cl)cc2)c1)c1ccncc1. The average Bonchev–Trinajstić information content (AvgIpc) is 3.53. The Balaban J connectivity index is 1.61. The third-order valence-corrected chi connectivity index (χ3v) is 4.83. The van der Waals surface area contributed by atoms with Crippen LogP contribution < -0.4 is 4.74 Å². The van der Waals surface area contributed by atoms with Crippen molar-refractivity contribution in [3.05, 3.63) is 77.2 Å². The molecule has 0 amide bonds. The first-order valence-electron chi connectivity index (χ1n) is 9.00. The van der Waals surface area contributed by atoms with E-state index in [1.54, 1.807) is 30.7 Å². The summed E-state index contributed by atoms with van der Waals surface area (Å²) in [7, 11) is 0. The monoisotopic (exact) mass is 378 g/mol. The summed E-state index contributed by atoms with van der Waals surface area (Å²) in [6.07, 6.45) is 7.68. The zero-order valence-electron chi connectivity index (χ0n) is 14.8. The van der Waals surface area contributed by atoms with Crippen molar-refractivity contribution in [1.82, 2.24) is 9.97 Å². The maximum absolute atomic E-state index is 12.5. The second-order valence-corrected chi connectivity index (χ2v) is 7.23. The molecule has 0 aliphatic heterocycles.